The molecular formula is C6H9O3. The lowest BCUT2D eigenvalue weighted by Crippen LogP contribution is -2.03. The molecule has 0 amide bonds. The van der Waals surface area contributed by atoms with Crippen LogP contribution in [0.1, 0.15) is 13.8 Å². The van der Waals surface area contributed by atoms with Gasteiger partial charge in [-0.05, 0) is 13.8 Å². The van der Waals surface area contributed by atoms with Crippen LogP contribution in [0.15, 0.2) is 12.2 Å². The maximum Gasteiger partial charge on any atom is 0.368 e. The fraction of sp³-hybridized carbons (Fsp3) is 0.333. The molecular weight excluding hydrogens is 120 g/mol. The van der Waals surface area contributed by atoms with E-state index in [1.807, 2.05) is 0 Å². The van der Waals surface area contributed by atoms with Gasteiger partial charge in [0.25, 0.3) is 0 Å². The van der Waals surface area contributed by atoms with E-state index in [9.17, 15) is 4.79 Å². The van der Waals surface area contributed by atoms with Gasteiger partial charge in [0.15, 0.2) is 0 Å². The minimum atomic E-state index is -0.548. The third-order valence-electron chi connectivity index (χ3n) is 0.568. The Morgan fingerprint density at radius 3 is 2.56 bits per heavy atom. The molecule has 9 heavy (non-hydrogen) atoms. The molecule has 0 fully saturated rings. The minimum Gasteiger partial charge on any atom is -0.293 e. The second-order valence-corrected chi connectivity index (χ2v) is 1.48. The Morgan fingerprint density at radius 1 is 1.67 bits per heavy atom. The lowest BCUT2D eigenvalue weighted by Gasteiger charge is -1.97. The van der Waals surface area contributed by atoms with E-state index >= 15 is 0 Å². The van der Waals surface area contributed by atoms with Gasteiger partial charge in [-0.25, -0.2) is 4.79 Å². The van der Waals surface area contributed by atoms with Crippen molar-refractivity contribution >= 4 is 5.97 Å². The predicted molar refractivity (Wildman–Crippen MR) is 32.0 cm³/mol. The topological polar surface area (TPSA) is 35.5 Å². The normalized spacial score (nSPS) is 8.67. The molecule has 3 heteroatoms. The first-order valence-corrected chi connectivity index (χ1v) is 2.49. The van der Waals surface area contributed by atoms with Crippen LogP contribution in [0.4, 0.5) is 0 Å². The summed E-state index contributed by atoms with van der Waals surface area (Å²) in [5.41, 5.74) is 0.317. The molecule has 0 bridgehead atoms. The van der Waals surface area contributed by atoms with Gasteiger partial charge in [-0.2, -0.15) is 4.89 Å². The maximum absolute atomic E-state index is 10.4. The van der Waals surface area contributed by atoms with Gasteiger partial charge in [-0.3, -0.25) is 4.89 Å². The van der Waals surface area contributed by atoms with Gasteiger partial charge < -0.3 is 0 Å². The number of hydrogen-bond donors (Lipinski definition) is 0. The molecule has 1 radical (unpaired) electrons. The van der Waals surface area contributed by atoms with Gasteiger partial charge in [0.2, 0.25) is 0 Å². The van der Waals surface area contributed by atoms with E-state index in [-0.39, 0.29) is 0 Å². The first-order valence-electron chi connectivity index (χ1n) is 2.49. The third-order valence-corrected chi connectivity index (χ3v) is 0.568. The highest BCUT2D eigenvalue weighted by atomic mass is 17.2. The van der Waals surface area contributed by atoms with Crippen LogP contribution >= 0.6 is 0 Å². The lowest BCUT2D eigenvalue weighted by atomic mass is 10.4. The monoisotopic (exact) mass is 129 g/mol. The second-order valence-electron chi connectivity index (χ2n) is 1.48. The number of rotatable bonds is 3. The number of carbonyl (C=O) groups is 1. The Kier molecular flexibility index (Phi) is 3.71. The second kappa shape index (κ2) is 4.09. The Labute approximate surface area is 54.2 Å². The summed E-state index contributed by atoms with van der Waals surface area (Å²) in [5.74, 6) is -0.548. The Morgan fingerprint density at radius 2 is 2.22 bits per heavy atom. The summed E-state index contributed by atoms with van der Waals surface area (Å²) in [5, 5.41) is 0. The molecule has 0 aromatic rings. The average molecular weight is 129 g/mol. The van der Waals surface area contributed by atoms with Gasteiger partial charge >= 0.3 is 5.97 Å². The summed E-state index contributed by atoms with van der Waals surface area (Å²) >= 11 is 0. The van der Waals surface area contributed by atoms with Crippen LogP contribution in [0.5, 0.6) is 0 Å². The molecule has 0 heterocycles. The van der Waals surface area contributed by atoms with E-state index in [1.54, 1.807) is 13.8 Å². The van der Waals surface area contributed by atoms with E-state index in [0.717, 1.165) is 0 Å². The fourth-order valence-electron chi connectivity index (χ4n) is 0.163. The van der Waals surface area contributed by atoms with Crippen molar-refractivity contribution in [1.29, 1.82) is 0 Å². The molecule has 51 valence electrons. The highest BCUT2D eigenvalue weighted by molar-refractivity contribution is 5.86. The van der Waals surface area contributed by atoms with Gasteiger partial charge in [0.05, 0.1) is 0 Å². The summed E-state index contributed by atoms with van der Waals surface area (Å²) in [7, 11) is 0. The van der Waals surface area contributed by atoms with Crippen molar-refractivity contribution in [2.24, 2.45) is 0 Å². The van der Waals surface area contributed by atoms with Crippen LogP contribution in [0, 0.1) is 6.61 Å². The van der Waals surface area contributed by atoms with Gasteiger partial charge in [0, 0.05) is 5.57 Å². The molecule has 0 N–H and O–H groups in total. The zero-order valence-corrected chi connectivity index (χ0v) is 5.51. The molecule has 0 aliphatic rings. The van der Waals surface area contributed by atoms with Crippen molar-refractivity contribution in [3.8, 4) is 0 Å². The van der Waals surface area contributed by atoms with Crippen molar-refractivity contribution in [2.75, 3.05) is 0 Å². The fourth-order valence-corrected chi connectivity index (χ4v) is 0.163. The highest BCUT2D eigenvalue weighted by Gasteiger charge is 2.01. The first kappa shape index (κ1) is 8.17. The van der Waals surface area contributed by atoms with E-state index in [4.69, 9.17) is 0 Å². The molecule has 0 atom stereocenters. The summed E-state index contributed by atoms with van der Waals surface area (Å²) < 4.78 is 0. The van der Waals surface area contributed by atoms with Crippen LogP contribution < -0.4 is 0 Å². The molecule has 0 aliphatic heterocycles. The molecule has 0 saturated carbocycles. The largest absolute Gasteiger partial charge is 0.368 e. The summed E-state index contributed by atoms with van der Waals surface area (Å²) in [6, 6.07) is 0. The van der Waals surface area contributed by atoms with E-state index < -0.39 is 5.97 Å². The van der Waals surface area contributed by atoms with E-state index in [0.29, 0.717) is 5.57 Å². The van der Waals surface area contributed by atoms with Crippen LogP contribution in [-0.4, -0.2) is 5.97 Å². The molecule has 0 aromatic carbocycles. The molecule has 0 aliphatic carbocycles. The van der Waals surface area contributed by atoms with Crippen LogP contribution in [0.3, 0.4) is 0 Å². The summed E-state index contributed by atoms with van der Waals surface area (Å²) in [4.78, 5) is 18.8. The SMILES string of the molecule is C=C(C)C(=O)OO[CH]C. The van der Waals surface area contributed by atoms with Gasteiger partial charge in [0.1, 0.15) is 6.61 Å². The first-order chi connectivity index (χ1) is 4.18. The lowest BCUT2D eigenvalue weighted by molar-refractivity contribution is -0.246. The molecule has 0 rings (SSSR count). The zero-order chi connectivity index (χ0) is 7.28. The number of hydrogen-bond acceptors (Lipinski definition) is 3. The van der Waals surface area contributed by atoms with Crippen molar-refractivity contribution in [3.05, 3.63) is 18.8 Å². The molecule has 0 spiro atoms. The average Bonchev–Trinajstić information content (AvgIpc) is 1.82. The quantitative estimate of drug-likeness (QED) is 0.326. The molecule has 0 unspecified atom stereocenters. The predicted octanol–water partition coefficient (Wildman–Crippen LogP) is 1.22. The van der Waals surface area contributed by atoms with Gasteiger partial charge in [-0.15, -0.1) is 0 Å². The van der Waals surface area contributed by atoms with Crippen molar-refractivity contribution < 1.29 is 14.6 Å². The van der Waals surface area contributed by atoms with E-state index in [2.05, 4.69) is 16.4 Å². The Hall–Kier alpha value is -0.830. The summed E-state index contributed by atoms with van der Waals surface area (Å²) in [6.07, 6.45) is 0. The molecule has 0 saturated heterocycles. The third kappa shape index (κ3) is 3.73. The van der Waals surface area contributed by atoms with Crippen molar-refractivity contribution in [1.82, 2.24) is 0 Å². The Bertz CT molecular complexity index is 117. The van der Waals surface area contributed by atoms with E-state index in [1.165, 1.54) is 6.61 Å². The smallest absolute Gasteiger partial charge is 0.293 e. The summed E-state index contributed by atoms with van der Waals surface area (Å²) in [6.45, 7) is 7.75. The Balaban J connectivity index is 3.39. The van der Waals surface area contributed by atoms with Crippen LogP contribution in [0.25, 0.3) is 0 Å². The van der Waals surface area contributed by atoms with Crippen LogP contribution in [-0.2, 0) is 14.6 Å². The molecule has 3 nitrogen and oxygen atoms in total. The number of carbonyl (C=O) groups excluding carboxylic acids is 1. The van der Waals surface area contributed by atoms with Crippen LogP contribution in [0.2, 0.25) is 0 Å². The van der Waals surface area contributed by atoms with Gasteiger partial charge in [-0.1, -0.05) is 6.58 Å². The standard InChI is InChI=1S/C6H9O3/c1-4-8-9-6(7)5(2)3/h4H,2H2,1,3H3. The molecule has 0 aromatic heterocycles. The highest BCUT2D eigenvalue weighted by Crippen LogP contribution is 1.92. The van der Waals surface area contributed by atoms with Crippen molar-refractivity contribution in [2.45, 2.75) is 13.8 Å². The maximum atomic E-state index is 10.4. The minimum absolute atomic E-state index is 0.317. The van der Waals surface area contributed by atoms with Crippen molar-refractivity contribution in [3.63, 3.8) is 0 Å². The zero-order valence-electron chi connectivity index (χ0n) is 5.51.